The highest BCUT2D eigenvalue weighted by molar-refractivity contribution is 9.10. The van der Waals surface area contributed by atoms with Gasteiger partial charge >= 0.3 is 0 Å². The Labute approximate surface area is 111 Å². The van der Waals surface area contributed by atoms with E-state index in [0.29, 0.717) is 0 Å². The smallest absolute Gasteiger partial charge is 0.139 e. The minimum absolute atomic E-state index is 0.119. The fourth-order valence-corrected chi connectivity index (χ4v) is 1.72. The molecule has 0 saturated heterocycles. The Morgan fingerprint density at radius 2 is 2.29 bits per heavy atom. The summed E-state index contributed by atoms with van der Waals surface area (Å²) in [6, 6.07) is 1.91. The number of hydrogen-bond acceptors (Lipinski definition) is 4. The van der Waals surface area contributed by atoms with E-state index in [1.807, 2.05) is 13.0 Å². The van der Waals surface area contributed by atoms with Gasteiger partial charge in [-0.05, 0) is 41.9 Å². The van der Waals surface area contributed by atoms with E-state index in [1.165, 1.54) is 0 Å². The molecule has 1 aromatic heterocycles. The molecule has 17 heavy (non-hydrogen) atoms. The van der Waals surface area contributed by atoms with Crippen LogP contribution in [0.25, 0.3) is 0 Å². The molecule has 0 aromatic carbocycles. The topological polar surface area (TPSA) is 43.4 Å². The third-order valence-corrected chi connectivity index (χ3v) is 2.58. The van der Waals surface area contributed by atoms with Gasteiger partial charge in [0.1, 0.15) is 11.9 Å². The lowest BCUT2D eigenvalue weighted by atomic mass is 10.3. The third-order valence-electron chi connectivity index (χ3n) is 2.15. The molecule has 0 spiro atoms. The average Bonchev–Trinajstić information content (AvgIpc) is 2.29. The minimum Gasteiger partial charge on any atom is -0.488 e. The number of nitrogens with one attached hydrogen (secondary N) is 1. The zero-order valence-electron chi connectivity index (χ0n) is 10.3. The number of ether oxygens (including phenoxy) is 2. The number of rotatable bonds is 8. The van der Waals surface area contributed by atoms with E-state index in [4.69, 9.17) is 9.47 Å². The van der Waals surface area contributed by atoms with Crippen LogP contribution < -0.4 is 10.1 Å². The van der Waals surface area contributed by atoms with E-state index in [9.17, 15) is 0 Å². The van der Waals surface area contributed by atoms with Crippen LogP contribution in [-0.4, -0.2) is 37.9 Å². The number of nitrogens with zero attached hydrogens (tertiary/aromatic N) is 1. The number of aromatic nitrogens is 1. The van der Waals surface area contributed by atoms with E-state index in [0.717, 1.165) is 36.3 Å². The van der Waals surface area contributed by atoms with Gasteiger partial charge in [0.05, 0.1) is 6.20 Å². The standard InChI is InChI=1S/C12H19BrN2O2/c1-10(7-14-4-3-5-16-2)17-12-6-11(13)8-15-9-12/h6,8-10,14H,3-5,7H2,1-2H3. The van der Waals surface area contributed by atoms with Crippen molar-refractivity contribution in [3.8, 4) is 5.75 Å². The van der Waals surface area contributed by atoms with Gasteiger partial charge in [0.2, 0.25) is 0 Å². The lowest BCUT2D eigenvalue weighted by Gasteiger charge is -2.15. The molecule has 0 saturated carbocycles. The van der Waals surface area contributed by atoms with Crippen LogP contribution in [0.15, 0.2) is 22.9 Å². The van der Waals surface area contributed by atoms with E-state index < -0.39 is 0 Å². The molecular formula is C12H19BrN2O2. The van der Waals surface area contributed by atoms with Gasteiger partial charge in [-0.25, -0.2) is 0 Å². The second-order valence-electron chi connectivity index (χ2n) is 3.82. The van der Waals surface area contributed by atoms with Crippen LogP contribution >= 0.6 is 15.9 Å². The Balaban J connectivity index is 2.18. The molecule has 0 radical (unpaired) electrons. The molecule has 1 aromatic rings. The van der Waals surface area contributed by atoms with E-state index >= 15 is 0 Å². The summed E-state index contributed by atoms with van der Waals surface area (Å²) in [6.07, 6.45) is 4.59. The molecule has 1 heterocycles. The Kier molecular flexibility index (Phi) is 7.16. The first-order valence-corrected chi connectivity index (χ1v) is 6.48. The van der Waals surface area contributed by atoms with Crippen LogP contribution in [0.4, 0.5) is 0 Å². The molecule has 1 atom stereocenters. The highest BCUT2D eigenvalue weighted by Crippen LogP contribution is 2.16. The molecule has 5 heteroatoms. The number of halogens is 1. The van der Waals surface area contributed by atoms with Crippen LogP contribution in [0.1, 0.15) is 13.3 Å². The van der Waals surface area contributed by atoms with Crippen LogP contribution in [0.5, 0.6) is 5.75 Å². The summed E-state index contributed by atoms with van der Waals surface area (Å²) < 4.78 is 11.6. The fourth-order valence-electron chi connectivity index (χ4n) is 1.38. The minimum atomic E-state index is 0.119. The van der Waals surface area contributed by atoms with Crippen LogP contribution in [0.3, 0.4) is 0 Å². The van der Waals surface area contributed by atoms with E-state index in [1.54, 1.807) is 19.5 Å². The summed E-state index contributed by atoms with van der Waals surface area (Å²) >= 11 is 3.36. The number of pyridine rings is 1. The molecule has 1 rings (SSSR count). The molecule has 0 bridgehead atoms. The summed E-state index contributed by atoms with van der Waals surface area (Å²) in [5, 5.41) is 3.32. The Hall–Kier alpha value is -0.650. The highest BCUT2D eigenvalue weighted by atomic mass is 79.9. The number of methoxy groups -OCH3 is 1. The predicted octanol–water partition coefficient (Wildman–Crippen LogP) is 2.24. The summed E-state index contributed by atoms with van der Waals surface area (Å²) in [7, 11) is 1.71. The number of hydrogen-bond donors (Lipinski definition) is 1. The summed E-state index contributed by atoms with van der Waals surface area (Å²) in [4.78, 5) is 4.05. The molecule has 0 amide bonds. The molecule has 0 fully saturated rings. The second-order valence-corrected chi connectivity index (χ2v) is 4.73. The second kappa shape index (κ2) is 8.44. The largest absolute Gasteiger partial charge is 0.488 e. The maximum Gasteiger partial charge on any atom is 0.139 e. The zero-order valence-corrected chi connectivity index (χ0v) is 11.9. The third kappa shape index (κ3) is 6.61. The summed E-state index contributed by atoms with van der Waals surface area (Å²) in [5.41, 5.74) is 0. The molecule has 0 aliphatic heterocycles. The van der Waals surface area contributed by atoms with Gasteiger partial charge in [-0.3, -0.25) is 4.98 Å². The first kappa shape index (κ1) is 14.4. The van der Waals surface area contributed by atoms with Gasteiger partial charge in [-0.2, -0.15) is 0 Å². The van der Waals surface area contributed by atoms with Crippen molar-refractivity contribution in [2.75, 3.05) is 26.8 Å². The first-order chi connectivity index (χ1) is 8.22. The van der Waals surface area contributed by atoms with Crippen molar-refractivity contribution in [1.82, 2.24) is 10.3 Å². The van der Waals surface area contributed by atoms with Crippen LogP contribution in [-0.2, 0) is 4.74 Å². The SMILES string of the molecule is COCCCNCC(C)Oc1cncc(Br)c1. The fraction of sp³-hybridized carbons (Fsp3) is 0.583. The van der Waals surface area contributed by atoms with Crippen molar-refractivity contribution in [3.05, 3.63) is 22.9 Å². The van der Waals surface area contributed by atoms with Gasteiger partial charge in [-0.1, -0.05) is 0 Å². The van der Waals surface area contributed by atoms with Crippen molar-refractivity contribution in [2.24, 2.45) is 0 Å². The van der Waals surface area contributed by atoms with Crippen LogP contribution in [0.2, 0.25) is 0 Å². The zero-order chi connectivity index (χ0) is 12.5. The van der Waals surface area contributed by atoms with Gasteiger partial charge in [0.25, 0.3) is 0 Å². The Morgan fingerprint density at radius 3 is 3.00 bits per heavy atom. The van der Waals surface area contributed by atoms with Gasteiger partial charge < -0.3 is 14.8 Å². The highest BCUT2D eigenvalue weighted by Gasteiger charge is 2.03. The van der Waals surface area contributed by atoms with Crippen molar-refractivity contribution >= 4 is 15.9 Å². The lowest BCUT2D eigenvalue weighted by Crippen LogP contribution is -2.30. The molecule has 0 aliphatic rings. The molecule has 1 N–H and O–H groups in total. The quantitative estimate of drug-likeness (QED) is 0.748. The van der Waals surface area contributed by atoms with Gasteiger partial charge in [0, 0.05) is 30.9 Å². The normalized spacial score (nSPS) is 12.4. The van der Waals surface area contributed by atoms with Crippen LogP contribution in [0, 0.1) is 0 Å². The van der Waals surface area contributed by atoms with E-state index in [2.05, 4.69) is 26.2 Å². The van der Waals surface area contributed by atoms with Crippen molar-refractivity contribution < 1.29 is 9.47 Å². The maximum atomic E-state index is 5.72. The average molecular weight is 303 g/mol. The molecule has 1 unspecified atom stereocenters. The summed E-state index contributed by atoms with van der Waals surface area (Å²) in [6.45, 7) is 4.58. The van der Waals surface area contributed by atoms with E-state index in [-0.39, 0.29) is 6.10 Å². The van der Waals surface area contributed by atoms with Crippen molar-refractivity contribution in [3.63, 3.8) is 0 Å². The maximum absolute atomic E-state index is 5.72. The monoisotopic (exact) mass is 302 g/mol. The lowest BCUT2D eigenvalue weighted by molar-refractivity contribution is 0.188. The molecule has 96 valence electrons. The summed E-state index contributed by atoms with van der Waals surface area (Å²) in [5.74, 6) is 0.783. The first-order valence-electron chi connectivity index (χ1n) is 5.69. The molecule has 0 aliphatic carbocycles. The Morgan fingerprint density at radius 1 is 1.47 bits per heavy atom. The van der Waals surface area contributed by atoms with Gasteiger partial charge in [0.15, 0.2) is 0 Å². The predicted molar refractivity (Wildman–Crippen MR) is 71.4 cm³/mol. The van der Waals surface area contributed by atoms with Gasteiger partial charge in [-0.15, -0.1) is 0 Å². The Bertz CT molecular complexity index is 323. The van der Waals surface area contributed by atoms with Crippen molar-refractivity contribution in [1.29, 1.82) is 0 Å². The molecule has 4 nitrogen and oxygen atoms in total. The molecular weight excluding hydrogens is 284 g/mol. The van der Waals surface area contributed by atoms with Crippen molar-refractivity contribution in [2.45, 2.75) is 19.4 Å².